The van der Waals surface area contributed by atoms with E-state index >= 15 is 0 Å². The Labute approximate surface area is 192 Å². The standard InChI is InChI=1S/C22H18F3N5O2S/c1-2-5-27-19(31)13-4-3-12-7-18-20(32)30(21(33)29(18)11-14(12)6-13)15-8-16(22(23,24)25)17(9-26)28-10-15/h3-4,6,8,10,18H,2,5,7,11H2,1H3,(H,27,31). The van der Waals surface area contributed by atoms with Gasteiger partial charge in [-0.2, -0.15) is 18.4 Å². The molecule has 1 N–H and O–H groups in total. The highest BCUT2D eigenvalue weighted by atomic mass is 32.1. The highest BCUT2D eigenvalue weighted by molar-refractivity contribution is 7.80. The number of aromatic nitrogens is 1. The van der Waals surface area contributed by atoms with Gasteiger partial charge in [-0.05, 0) is 48.0 Å². The molecule has 2 aliphatic rings. The molecule has 33 heavy (non-hydrogen) atoms. The molecule has 0 saturated carbocycles. The van der Waals surface area contributed by atoms with Crippen molar-refractivity contribution in [1.29, 1.82) is 5.26 Å². The summed E-state index contributed by atoms with van der Waals surface area (Å²) in [5.41, 5.74) is 0.0304. The number of halogens is 3. The first kappa shape index (κ1) is 22.7. The average molecular weight is 473 g/mol. The van der Waals surface area contributed by atoms with Crippen molar-refractivity contribution >= 4 is 34.8 Å². The molecule has 2 amide bonds. The highest BCUT2D eigenvalue weighted by Gasteiger charge is 2.46. The predicted molar refractivity (Wildman–Crippen MR) is 116 cm³/mol. The molecular formula is C22H18F3N5O2S. The minimum Gasteiger partial charge on any atom is -0.352 e. The van der Waals surface area contributed by atoms with Crippen LogP contribution in [0.4, 0.5) is 18.9 Å². The number of benzene rings is 1. The summed E-state index contributed by atoms with van der Waals surface area (Å²) >= 11 is 5.44. The predicted octanol–water partition coefficient (Wildman–Crippen LogP) is 3.17. The van der Waals surface area contributed by atoms with Gasteiger partial charge in [0.1, 0.15) is 12.1 Å². The van der Waals surface area contributed by atoms with Crippen molar-refractivity contribution in [3.63, 3.8) is 0 Å². The summed E-state index contributed by atoms with van der Waals surface area (Å²) in [6.45, 7) is 2.74. The summed E-state index contributed by atoms with van der Waals surface area (Å²) in [6, 6.07) is 6.70. The van der Waals surface area contributed by atoms with Crippen LogP contribution < -0.4 is 10.2 Å². The number of nitrogens with one attached hydrogen (secondary N) is 1. The summed E-state index contributed by atoms with van der Waals surface area (Å²) in [7, 11) is 0. The van der Waals surface area contributed by atoms with Crippen molar-refractivity contribution in [2.75, 3.05) is 11.4 Å². The van der Waals surface area contributed by atoms with Crippen LogP contribution >= 0.6 is 12.2 Å². The van der Waals surface area contributed by atoms with E-state index in [4.69, 9.17) is 17.5 Å². The van der Waals surface area contributed by atoms with Crippen molar-refractivity contribution in [3.8, 4) is 6.07 Å². The number of pyridine rings is 1. The number of nitrogens with zero attached hydrogens (tertiary/aromatic N) is 4. The van der Waals surface area contributed by atoms with Gasteiger partial charge in [0.05, 0.1) is 17.4 Å². The topological polar surface area (TPSA) is 89.3 Å². The number of rotatable bonds is 4. The van der Waals surface area contributed by atoms with Crippen LogP contribution in [-0.2, 0) is 23.9 Å². The van der Waals surface area contributed by atoms with Crippen molar-refractivity contribution < 1.29 is 22.8 Å². The van der Waals surface area contributed by atoms with Gasteiger partial charge in [0.15, 0.2) is 10.8 Å². The van der Waals surface area contributed by atoms with Gasteiger partial charge in [0.25, 0.3) is 11.8 Å². The second kappa shape index (κ2) is 8.44. The maximum atomic E-state index is 13.4. The van der Waals surface area contributed by atoms with Crippen LogP contribution in [0.3, 0.4) is 0 Å². The van der Waals surface area contributed by atoms with Crippen LogP contribution in [0.2, 0.25) is 0 Å². The smallest absolute Gasteiger partial charge is 0.352 e. The molecule has 170 valence electrons. The van der Waals surface area contributed by atoms with E-state index in [0.29, 0.717) is 18.5 Å². The van der Waals surface area contributed by atoms with Crippen molar-refractivity contribution in [3.05, 3.63) is 58.4 Å². The molecule has 1 fully saturated rings. The normalized spacial score (nSPS) is 17.5. The molecule has 0 radical (unpaired) electrons. The average Bonchev–Trinajstić information content (AvgIpc) is 3.03. The Bertz CT molecular complexity index is 1210. The van der Waals surface area contributed by atoms with Gasteiger partial charge in [0.2, 0.25) is 0 Å². The number of hydrogen-bond acceptors (Lipinski definition) is 5. The van der Waals surface area contributed by atoms with Gasteiger partial charge in [-0.25, -0.2) is 4.98 Å². The van der Waals surface area contributed by atoms with Gasteiger partial charge >= 0.3 is 6.18 Å². The number of anilines is 1. The van der Waals surface area contributed by atoms with E-state index in [0.717, 1.165) is 34.7 Å². The molecule has 3 heterocycles. The van der Waals surface area contributed by atoms with Crippen LogP contribution in [0.1, 0.15) is 46.1 Å². The summed E-state index contributed by atoms with van der Waals surface area (Å²) in [5, 5.41) is 11.8. The molecule has 11 heteroatoms. The maximum Gasteiger partial charge on any atom is 0.419 e. The molecule has 1 unspecified atom stereocenters. The lowest BCUT2D eigenvalue weighted by molar-refractivity contribution is -0.138. The molecular weight excluding hydrogens is 455 g/mol. The van der Waals surface area contributed by atoms with Gasteiger partial charge in [-0.3, -0.25) is 14.5 Å². The van der Waals surface area contributed by atoms with E-state index in [1.165, 1.54) is 6.07 Å². The number of carbonyl (C=O) groups excluding carboxylic acids is 2. The maximum absolute atomic E-state index is 13.4. The van der Waals surface area contributed by atoms with Crippen molar-refractivity contribution in [2.45, 2.75) is 38.5 Å². The van der Waals surface area contributed by atoms with Crippen LogP contribution in [0.5, 0.6) is 0 Å². The fourth-order valence-corrected chi connectivity index (χ4v) is 4.37. The summed E-state index contributed by atoms with van der Waals surface area (Å²) in [4.78, 5) is 31.7. The lowest BCUT2D eigenvalue weighted by Gasteiger charge is -2.30. The number of alkyl halides is 3. The zero-order valence-electron chi connectivity index (χ0n) is 17.4. The van der Waals surface area contributed by atoms with E-state index in [-0.39, 0.29) is 23.3 Å². The van der Waals surface area contributed by atoms with Crippen molar-refractivity contribution in [1.82, 2.24) is 15.2 Å². The summed E-state index contributed by atoms with van der Waals surface area (Å²) in [5.74, 6) is -0.665. The number of nitriles is 1. The first-order valence-corrected chi connectivity index (χ1v) is 10.6. The number of thiocarbonyl (C=S) groups is 1. The third-order valence-electron chi connectivity index (χ3n) is 5.62. The van der Waals surface area contributed by atoms with E-state index < -0.39 is 29.4 Å². The minimum absolute atomic E-state index is 0.0520. The number of carbonyl (C=O) groups is 2. The highest BCUT2D eigenvalue weighted by Crippen LogP contribution is 2.37. The SMILES string of the molecule is CCCNC(=O)c1ccc2c(c1)CN1C(=S)N(c3cnc(C#N)c(C(F)(F)F)c3)C(=O)C1C2. The lowest BCUT2D eigenvalue weighted by Crippen LogP contribution is -2.40. The van der Waals surface area contributed by atoms with Crippen LogP contribution in [0.25, 0.3) is 0 Å². The molecule has 1 atom stereocenters. The summed E-state index contributed by atoms with van der Waals surface area (Å²) < 4.78 is 40.1. The number of amides is 2. The molecule has 0 aliphatic carbocycles. The van der Waals surface area contributed by atoms with Gasteiger partial charge in [-0.1, -0.05) is 13.0 Å². The first-order chi connectivity index (χ1) is 15.7. The van der Waals surface area contributed by atoms with Crippen LogP contribution in [0.15, 0.2) is 30.5 Å². The Morgan fingerprint density at radius 1 is 1.33 bits per heavy atom. The number of hydrogen-bond donors (Lipinski definition) is 1. The number of fused-ring (bicyclic) bond motifs is 2. The zero-order chi connectivity index (χ0) is 23.9. The van der Waals surface area contributed by atoms with Crippen molar-refractivity contribution in [2.24, 2.45) is 0 Å². The molecule has 1 aromatic carbocycles. The Kier molecular flexibility index (Phi) is 5.80. The third-order valence-corrected chi connectivity index (χ3v) is 6.04. The van der Waals surface area contributed by atoms with Crippen LogP contribution in [-0.4, -0.2) is 39.4 Å². The molecule has 7 nitrogen and oxygen atoms in total. The molecule has 4 rings (SSSR count). The van der Waals surface area contributed by atoms with Gasteiger partial charge < -0.3 is 10.2 Å². The van der Waals surface area contributed by atoms with Gasteiger partial charge in [0, 0.05) is 25.1 Å². The molecule has 0 bridgehead atoms. The van der Waals surface area contributed by atoms with E-state index in [1.807, 2.05) is 6.92 Å². The van der Waals surface area contributed by atoms with Crippen LogP contribution in [0, 0.1) is 11.3 Å². The Morgan fingerprint density at radius 2 is 2.09 bits per heavy atom. The lowest BCUT2D eigenvalue weighted by atomic mass is 9.93. The van der Waals surface area contributed by atoms with E-state index in [2.05, 4.69) is 10.3 Å². The minimum atomic E-state index is -4.81. The Morgan fingerprint density at radius 3 is 2.76 bits per heavy atom. The molecule has 1 aromatic heterocycles. The third kappa shape index (κ3) is 4.02. The molecule has 2 aliphatic heterocycles. The fourth-order valence-electron chi connectivity index (χ4n) is 3.98. The molecule has 2 aromatic rings. The Balaban J connectivity index is 1.64. The van der Waals surface area contributed by atoms with E-state index in [1.54, 1.807) is 23.1 Å². The summed E-state index contributed by atoms with van der Waals surface area (Å²) in [6.07, 6.45) is -2.66. The molecule has 1 saturated heterocycles. The second-order valence-corrected chi connectivity index (χ2v) is 8.11. The van der Waals surface area contributed by atoms with Gasteiger partial charge in [-0.15, -0.1) is 0 Å². The Hall–Kier alpha value is -3.52. The largest absolute Gasteiger partial charge is 0.419 e. The molecule has 0 spiro atoms. The second-order valence-electron chi connectivity index (χ2n) is 7.74. The van der Waals surface area contributed by atoms with E-state index in [9.17, 15) is 22.8 Å². The first-order valence-electron chi connectivity index (χ1n) is 10.2. The quantitative estimate of drug-likeness (QED) is 0.687. The zero-order valence-corrected chi connectivity index (χ0v) is 18.3. The monoisotopic (exact) mass is 473 g/mol. The fraction of sp³-hybridized carbons (Fsp3) is 0.318.